The summed E-state index contributed by atoms with van der Waals surface area (Å²) in [5.41, 5.74) is 1.41. The quantitative estimate of drug-likeness (QED) is 0.791. The Balaban J connectivity index is 2.03. The standard InChI is InChI=1S/C17H26BrN/c1-4-16(14-6-5-7-15(18)11-14)19-17-9-8-12(2)10-13(17)3/h5-7,11-13,16-17,19H,4,8-10H2,1-3H3. The smallest absolute Gasteiger partial charge is 0.0320 e. The van der Waals surface area contributed by atoms with Crippen molar-refractivity contribution >= 4 is 15.9 Å². The van der Waals surface area contributed by atoms with Gasteiger partial charge in [-0.25, -0.2) is 0 Å². The number of hydrogen-bond acceptors (Lipinski definition) is 1. The van der Waals surface area contributed by atoms with E-state index in [1.165, 1.54) is 29.3 Å². The second-order valence-corrected chi connectivity index (χ2v) is 7.10. The van der Waals surface area contributed by atoms with Crippen molar-refractivity contribution in [1.82, 2.24) is 5.32 Å². The maximum absolute atomic E-state index is 3.90. The van der Waals surface area contributed by atoms with Crippen LogP contribution in [-0.4, -0.2) is 6.04 Å². The van der Waals surface area contributed by atoms with Crippen LogP contribution in [0, 0.1) is 11.8 Å². The lowest BCUT2D eigenvalue weighted by atomic mass is 9.79. The molecule has 0 aliphatic heterocycles. The van der Waals surface area contributed by atoms with Gasteiger partial charge in [-0.1, -0.05) is 48.8 Å². The molecule has 2 rings (SSSR count). The van der Waals surface area contributed by atoms with Gasteiger partial charge in [0.2, 0.25) is 0 Å². The molecule has 1 aliphatic rings. The third-order valence-electron chi connectivity index (χ3n) is 4.51. The Labute approximate surface area is 126 Å². The van der Waals surface area contributed by atoms with Crippen LogP contribution in [0.15, 0.2) is 28.7 Å². The summed E-state index contributed by atoms with van der Waals surface area (Å²) in [6.45, 7) is 7.06. The summed E-state index contributed by atoms with van der Waals surface area (Å²) in [6.07, 6.45) is 5.21. The Bertz CT molecular complexity index is 404. The highest BCUT2D eigenvalue weighted by molar-refractivity contribution is 9.10. The minimum atomic E-state index is 0.485. The lowest BCUT2D eigenvalue weighted by molar-refractivity contribution is 0.212. The highest BCUT2D eigenvalue weighted by atomic mass is 79.9. The van der Waals surface area contributed by atoms with E-state index in [1.807, 2.05) is 0 Å². The first-order valence-electron chi connectivity index (χ1n) is 7.61. The number of benzene rings is 1. The Hall–Kier alpha value is -0.340. The van der Waals surface area contributed by atoms with E-state index in [0.29, 0.717) is 12.1 Å². The van der Waals surface area contributed by atoms with Crippen LogP contribution in [-0.2, 0) is 0 Å². The Morgan fingerprint density at radius 2 is 2.11 bits per heavy atom. The molecule has 1 saturated carbocycles. The summed E-state index contributed by atoms with van der Waals surface area (Å²) >= 11 is 3.58. The van der Waals surface area contributed by atoms with Crippen LogP contribution in [0.2, 0.25) is 0 Å². The van der Waals surface area contributed by atoms with Gasteiger partial charge in [0.25, 0.3) is 0 Å². The number of halogens is 1. The monoisotopic (exact) mass is 323 g/mol. The molecule has 0 radical (unpaired) electrons. The molecule has 4 unspecified atom stereocenters. The Morgan fingerprint density at radius 1 is 1.32 bits per heavy atom. The molecule has 1 N–H and O–H groups in total. The summed E-state index contributed by atoms with van der Waals surface area (Å²) in [5, 5.41) is 3.90. The molecule has 4 atom stereocenters. The molecule has 0 spiro atoms. The van der Waals surface area contributed by atoms with Crippen molar-refractivity contribution in [2.45, 2.75) is 58.5 Å². The summed E-state index contributed by atoms with van der Waals surface area (Å²) < 4.78 is 1.18. The van der Waals surface area contributed by atoms with Crippen LogP contribution in [0.3, 0.4) is 0 Å². The van der Waals surface area contributed by atoms with E-state index < -0.39 is 0 Å². The zero-order valence-corrected chi connectivity index (χ0v) is 13.9. The van der Waals surface area contributed by atoms with Gasteiger partial charge >= 0.3 is 0 Å². The third-order valence-corrected chi connectivity index (χ3v) is 5.00. The number of nitrogens with one attached hydrogen (secondary N) is 1. The molecule has 0 heterocycles. The van der Waals surface area contributed by atoms with Crippen LogP contribution in [0.5, 0.6) is 0 Å². The van der Waals surface area contributed by atoms with E-state index in [2.05, 4.69) is 66.3 Å². The highest BCUT2D eigenvalue weighted by Crippen LogP contribution is 2.31. The van der Waals surface area contributed by atoms with Crippen molar-refractivity contribution in [2.24, 2.45) is 11.8 Å². The summed E-state index contributed by atoms with van der Waals surface area (Å²) in [6, 6.07) is 9.88. The lowest BCUT2D eigenvalue weighted by Crippen LogP contribution is -2.40. The van der Waals surface area contributed by atoms with Crippen molar-refractivity contribution in [3.8, 4) is 0 Å². The van der Waals surface area contributed by atoms with Crippen molar-refractivity contribution in [3.05, 3.63) is 34.3 Å². The van der Waals surface area contributed by atoms with Gasteiger partial charge in [0, 0.05) is 16.6 Å². The molecular formula is C17H26BrN. The number of hydrogen-bond donors (Lipinski definition) is 1. The molecule has 0 bridgehead atoms. The van der Waals surface area contributed by atoms with Gasteiger partial charge in [0.05, 0.1) is 0 Å². The van der Waals surface area contributed by atoms with Gasteiger partial charge in [-0.2, -0.15) is 0 Å². The van der Waals surface area contributed by atoms with E-state index in [4.69, 9.17) is 0 Å². The predicted octanol–water partition coefficient (Wildman–Crippen LogP) is 5.31. The average Bonchev–Trinajstić information content (AvgIpc) is 2.38. The molecule has 0 aromatic heterocycles. The van der Waals surface area contributed by atoms with Crippen molar-refractivity contribution in [1.29, 1.82) is 0 Å². The summed E-state index contributed by atoms with van der Waals surface area (Å²) in [4.78, 5) is 0. The Kier molecular flexibility index (Phi) is 5.47. The van der Waals surface area contributed by atoms with Gasteiger partial charge in [-0.05, 0) is 55.2 Å². The SMILES string of the molecule is CCC(NC1CCC(C)CC1C)c1cccc(Br)c1. The molecule has 1 fully saturated rings. The second-order valence-electron chi connectivity index (χ2n) is 6.18. The summed E-state index contributed by atoms with van der Waals surface area (Å²) in [5.74, 6) is 1.70. The molecule has 1 aromatic carbocycles. The molecule has 106 valence electrons. The van der Waals surface area contributed by atoms with E-state index in [1.54, 1.807) is 0 Å². The van der Waals surface area contributed by atoms with Gasteiger partial charge < -0.3 is 5.32 Å². The summed E-state index contributed by atoms with van der Waals surface area (Å²) in [7, 11) is 0. The molecule has 0 amide bonds. The predicted molar refractivity (Wildman–Crippen MR) is 86.3 cm³/mol. The normalized spacial score (nSPS) is 29.2. The van der Waals surface area contributed by atoms with E-state index in [0.717, 1.165) is 18.3 Å². The average molecular weight is 324 g/mol. The van der Waals surface area contributed by atoms with Gasteiger partial charge in [-0.15, -0.1) is 0 Å². The van der Waals surface area contributed by atoms with E-state index in [-0.39, 0.29) is 0 Å². The molecule has 1 nitrogen and oxygen atoms in total. The molecule has 0 saturated heterocycles. The van der Waals surface area contributed by atoms with E-state index in [9.17, 15) is 0 Å². The zero-order chi connectivity index (χ0) is 13.8. The van der Waals surface area contributed by atoms with Crippen molar-refractivity contribution < 1.29 is 0 Å². The minimum absolute atomic E-state index is 0.485. The first-order chi connectivity index (χ1) is 9.10. The maximum atomic E-state index is 3.90. The maximum Gasteiger partial charge on any atom is 0.0320 e. The lowest BCUT2D eigenvalue weighted by Gasteiger charge is -2.36. The fraction of sp³-hybridized carbons (Fsp3) is 0.647. The van der Waals surface area contributed by atoms with Crippen LogP contribution in [0.25, 0.3) is 0 Å². The van der Waals surface area contributed by atoms with E-state index >= 15 is 0 Å². The van der Waals surface area contributed by atoms with Gasteiger partial charge in [0.15, 0.2) is 0 Å². The number of rotatable bonds is 4. The van der Waals surface area contributed by atoms with Gasteiger partial charge in [0.1, 0.15) is 0 Å². The fourth-order valence-electron chi connectivity index (χ4n) is 3.34. The Morgan fingerprint density at radius 3 is 2.74 bits per heavy atom. The first-order valence-corrected chi connectivity index (χ1v) is 8.41. The molecule has 19 heavy (non-hydrogen) atoms. The third kappa shape index (κ3) is 4.06. The minimum Gasteiger partial charge on any atom is -0.307 e. The molecule has 1 aliphatic carbocycles. The topological polar surface area (TPSA) is 12.0 Å². The molecule has 1 aromatic rings. The van der Waals surface area contributed by atoms with Crippen LogP contribution >= 0.6 is 15.9 Å². The molecule has 2 heteroatoms. The zero-order valence-electron chi connectivity index (χ0n) is 12.3. The largest absolute Gasteiger partial charge is 0.307 e. The highest BCUT2D eigenvalue weighted by Gasteiger charge is 2.27. The second kappa shape index (κ2) is 6.90. The van der Waals surface area contributed by atoms with Crippen molar-refractivity contribution in [2.75, 3.05) is 0 Å². The first kappa shape index (κ1) is 15.1. The van der Waals surface area contributed by atoms with Crippen LogP contribution in [0.1, 0.15) is 58.1 Å². The molecular weight excluding hydrogens is 298 g/mol. The fourth-order valence-corrected chi connectivity index (χ4v) is 3.76. The van der Waals surface area contributed by atoms with Crippen LogP contribution < -0.4 is 5.32 Å². The van der Waals surface area contributed by atoms with Crippen LogP contribution in [0.4, 0.5) is 0 Å². The van der Waals surface area contributed by atoms with Crippen molar-refractivity contribution in [3.63, 3.8) is 0 Å². The van der Waals surface area contributed by atoms with Gasteiger partial charge in [-0.3, -0.25) is 0 Å².